The van der Waals surface area contributed by atoms with Gasteiger partial charge in [-0.3, -0.25) is 4.79 Å². The monoisotopic (exact) mass is 398 g/mol. The first-order chi connectivity index (χ1) is 13.6. The highest BCUT2D eigenvalue weighted by molar-refractivity contribution is 7.98. The molecule has 3 aromatic rings. The zero-order valence-corrected chi connectivity index (χ0v) is 16.7. The van der Waals surface area contributed by atoms with E-state index >= 15 is 0 Å². The van der Waals surface area contributed by atoms with Crippen molar-refractivity contribution in [3.63, 3.8) is 0 Å². The second kappa shape index (κ2) is 9.50. The number of thioether (sulfide) groups is 1. The standard InChI is InChI=1S/C21H23FN4OS/c1-3-19(27)23-18(13-15-9-5-4-6-10-15)20-24-25-21(26(20)2)28-14-16-11-7-8-12-17(16)22/h4-12,18H,3,13-14H2,1-2H3,(H,23,27). The first kappa shape index (κ1) is 20.1. The summed E-state index contributed by atoms with van der Waals surface area (Å²) in [7, 11) is 1.87. The molecule has 3 rings (SSSR count). The second-order valence-electron chi connectivity index (χ2n) is 6.44. The first-order valence-corrected chi connectivity index (χ1v) is 10.2. The molecule has 5 nitrogen and oxygen atoms in total. The summed E-state index contributed by atoms with van der Waals surface area (Å²) >= 11 is 1.42. The van der Waals surface area contributed by atoms with Crippen LogP contribution in [0.2, 0.25) is 0 Å². The minimum atomic E-state index is -0.282. The number of halogens is 1. The predicted molar refractivity (Wildman–Crippen MR) is 108 cm³/mol. The molecule has 0 spiro atoms. The van der Waals surface area contributed by atoms with Crippen molar-refractivity contribution >= 4 is 17.7 Å². The molecule has 0 saturated carbocycles. The summed E-state index contributed by atoms with van der Waals surface area (Å²) in [5.41, 5.74) is 1.73. The Balaban J connectivity index is 1.78. The molecule has 1 unspecified atom stereocenters. The number of aromatic nitrogens is 3. The highest BCUT2D eigenvalue weighted by Gasteiger charge is 2.22. The van der Waals surface area contributed by atoms with E-state index in [1.807, 2.05) is 54.9 Å². The lowest BCUT2D eigenvalue weighted by Gasteiger charge is -2.18. The summed E-state index contributed by atoms with van der Waals surface area (Å²) in [6, 6.07) is 16.4. The van der Waals surface area contributed by atoms with Gasteiger partial charge in [0.25, 0.3) is 0 Å². The molecular formula is C21H23FN4OS. The quantitative estimate of drug-likeness (QED) is 0.582. The zero-order chi connectivity index (χ0) is 19.9. The summed E-state index contributed by atoms with van der Waals surface area (Å²) in [5.74, 6) is 0.879. The van der Waals surface area contributed by atoms with Crippen LogP contribution in [0.15, 0.2) is 59.8 Å². The van der Waals surface area contributed by atoms with Gasteiger partial charge in [0, 0.05) is 19.2 Å². The first-order valence-electron chi connectivity index (χ1n) is 9.17. The van der Waals surface area contributed by atoms with E-state index in [4.69, 9.17) is 0 Å². The molecule has 28 heavy (non-hydrogen) atoms. The predicted octanol–water partition coefficient (Wildman–Crippen LogP) is 4.06. The SMILES string of the molecule is CCC(=O)NC(Cc1ccccc1)c1nnc(SCc2ccccc2F)n1C. The van der Waals surface area contributed by atoms with Crippen molar-refractivity contribution < 1.29 is 9.18 Å². The van der Waals surface area contributed by atoms with E-state index < -0.39 is 0 Å². The molecule has 7 heteroatoms. The van der Waals surface area contributed by atoms with E-state index in [2.05, 4.69) is 15.5 Å². The van der Waals surface area contributed by atoms with Crippen LogP contribution >= 0.6 is 11.8 Å². The van der Waals surface area contributed by atoms with Crippen LogP contribution in [-0.2, 0) is 24.0 Å². The maximum Gasteiger partial charge on any atom is 0.220 e. The van der Waals surface area contributed by atoms with Crippen LogP contribution in [0, 0.1) is 5.82 Å². The van der Waals surface area contributed by atoms with Gasteiger partial charge in [-0.15, -0.1) is 10.2 Å². The van der Waals surface area contributed by atoms with E-state index in [0.717, 1.165) is 5.56 Å². The minimum absolute atomic E-state index is 0.0375. The number of carbonyl (C=O) groups excluding carboxylic acids is 1. The highest BCUT2D eigenvalue weighted by atomic mass is 32.2. The van der Waals surface area contributed by atoms with Gasteiger partial charge in [0.05, 0.1) is 6.04 Å². The van der Waals surface area contributed by atoms with Crippen LogP contribution in [0.3, 0.4) is 0 Å². The Morgan fingerprint density at radius 3 is 2.57 bits per heavy atom. The smallest absolute Gasteiger partial charge is 0.220 e. The number of rotatable bonds is 8. The molecule has 1 atom stereocenters. The lowest BCUT2D eigenvalue weighted by Crippen LogP contribution is -2.31. The Kier molecular flexibility index (Phi) is 6.81. The van der Waals surface area contributed by atoms with Gasteiger partial charge >= 0.3 is 0 Å². The molecule has 0 bridgehead atoms. The number of hydrogen-bond donors (Lipinski definition) is 1. The molecule has 0 saturated heterocycles. The van der Waals surface area contributed by atoms with Gasteiger partial charge < -0.3 is 9.88 Å². The second-order valence-corrected chi connectivity index (χ2v) is 7.39. The van der Waals surface area contributed by atoms with E-state index in [0.29, 0.717) is 35.1 Å². The van der Waals surface area contributed by atoms with E-state index in [1.54, 1.807) is 12.1 Å². The number of nitrogens with zero attached hydrogens (tertiary/aromatic N) is 3. The van der Waals surface area contributed by atoms with Gasteiger partial charge in [0.2, 0.25) is 5.91 Å². The molecule has 0 aliphatic heterocycles. The molecule has 1 N–H and O–H groups in total. The van der Waals surface area contributed by atoms with Crippen molar-refractivity contribution in [2.45, 2.75) is 36.7 Å². The minimum Gasteiger partial charge on any atom is -0.346 e. The fraction of sp³-hybridized carbons (Fsp3) is 0.286. The topological polar surface area (TPSA) is 59.8 Å². The molecule has 0 radical (unpaired) electrons. The molecule has 0 fully saturated rings. The summed E-state index contributed by atoms with van der Waals surface area (Å²) in [6.45, 7) is 1.82. The van der Waals surface area contributed by atoms with Crippen molar-refractivity contribution in [2.24, 2.45) is 7.05 Å². The lowest BCUT2D eigenvalue weighted by atomic mass is 10.1. The summed E-state index contributed by atoms with van der Waals surface area (Å²) in [4.78, 5) is 12.0. The average molecular weight is 399 g/mol. The Morgan fingerprint density at radius 1 is 1.14 bits per heavy atom. The van der Waals surface area contributed by atoms with Crippen LogP contribution in [0.4, 0.5) is 4.39 Å². The Morgan fingerprint density at radius 2 is 1.86 bits per heavy atom. The van der Waals surface area contributed by atoms with Crippen LogP contribution in [0.1, 0.15) is 36.3 Å². The zero-order valence-electron chi connectivity index (χ0n) is 15.9. The third-order valence-electron chi connectivity index (χ3n) is 4.43. The van der Waals surface area contributed by atoms with Crippen molar-refractivity contribution in [3.8, 4) is 0 Å². The number of hydrogen-bond acceptors (Lipinski definition) is 4. The Hall–Kier alpha value is -2.67. The number of carbonyl (C=O) groups is 1. The highest BCUT2D eigenvalue weighted by Crippen LogP contribution is 2.25. The molecule has 0 aliphatic rings. The van der Waals surface area contributed by atoms with Gasteiger partial charge in [-0.25, -0.2) is 4.39 Å². The van der Waals surface area contributed by atoms with Gasteiger partial charge in [-0.2, -0.15) is 0 Å². The lowest BCUT2D eigenvalue weighted by molar-refractivity contribution is -0.121. The fourth-order valence-electron chi connectivity index (χ4n) is 2.87. The third kappa shape index (κ3) is 4.98. The van der Waals surface area contributed by atoms with Crippen LogP contribution < -0.4 is 5.32 Å². The molecule has 2 aromatic carbocycles. The fourth-order valence-corrected chi connectivity index (χ4v) is 3.77. The van der Waals surface area contributed by atoms with E-state index in [-0.39, 0.29) is 17.8 Å². The van der Waals surface area contributed by atoms with Gasteiger partial charge in [0.15, 0.2) is 11.0 Å². The summed E-state index contributed by atoms with van der Waals surface area (Å²) in [5, 5.41) is 12.3. The van der Waals surface area contributed by atoms with E-state index in [9.17, 15) is 9.18 Å². The maximum atomic E-state index is 13.8. The van der Waals surface area contributed by atoms with Crippen molar-refractivity contribution in [2.75, 3.05) is 0 Å². The largest absolute Gasteiger partial charge is 0.346 e. The molecule has 0 aliphatic carbocycles. The van der Waals surface area contributed by atoms with Crippen molar-refractivity contribution in [1.82, 2.24) is 20.1 Å². The molecule has 146 valence electrons. The number of benzene rings is 2. The molecular weight excluding hydrogens is 375 g/mol. The number of nitrogens with one attached hydrogen (secondary N) is 1. The van der Waals surface area contributed by atoms with Crippen molar-refractivity contribution in [1.29, 1.82) is 0 Å². The van der Waals surface area contributed by atoms with Crippen LogP contribution in [-0.4, -0.2) is 20.7 Å². The van der Waals surface area contributed by atoms with E-state index in [1.165, 1.54) is 17.8 Å². The summed E-state index contributed by atoms with van der Waals surface area (Å²) in [6.07, 6.45) is 1.02. The third-order valence-corrected chi connectivity index (χ3v) is 5.50. The average Bonchev–Trinajstić information content (AvgIpc) is 3.08. The molecule has 1 aromatic heterocycles. The van der Waals surface area contributed by atoms with Gasteiger partial charge in [-0.1, -0.05) is 67.2 Å². The Bertz CT molecular complexity index is 929. The van der Waals surface area contributed by atoms with Crippen LogP contribution in [0.5, 0.6) is 0 Å². The van der Waals surface area contributed by atoms with Gasteiger partial charge in [0.1, 0.15) is 5.82 Å². The van der Waals surface area contributed by atoms with Crippen LogP contribution in [0.25, 0.3) is 0 Å². The summed E-state index contributed by atoms with van der Waals surface area (Å²) < 4.78 is 15.7. The number of amides is 1. The molecule has 1 heterocycles. The normalized spacial score (nSPS) is 12.0. The molecule has 1 amide bonds. The maximum absolute atomic E-state index is 13.8. The van der Waals surface area contributed by atoms with Gasteiger partial charge in [-0.05, 0) is 23.6 Å². The Labute approximate surface area is 168 Å². The van der Waals surface area contributed by atoms with Crippen molar-refractivity contribution in [3.05, 3.63) is 77.4 Å².